The van der Waals surface area contributed by atoms with Crippen molar-refractivity contribution in [1.82, 2.24) is 0 Å². The van der Waals surface area contributed by atoms with Gasteiger partial charge in [0.1, 0.15) is 18.1 Å². The first-order chi connectivity index (χ1) is 8.66. The number of carbonyl (C=O) groups excluding carboxylic acids is 1. The third-order valence-corrected chi connectivity index (χ3v) is 2.61. The molecule has 18 heavy (non-hydrogen) atoms. The Bertz CT molecular complexity index is 521. The van der Waals surface area contributed by atoms with E-state index in [2.05, 4.69) is 12.1 Å². The lowest BCUT2D eigenvalue weighted by Gasteiger charge is -2.11. The molecule has 2 aromatic carbocycles. The molecule has 2 heterocycles. The second-order valence-corrected chi connectivity index (χ2v) is 4.01. The average Bonchev–Trinajstić information content (AvgIpc) is 2.42. The predicted molar refractivity (Wildman–Crippen MR) is 68.9 cm³/mol. The lowest BCUT2D eigenvalue weighted by Crippen LogP contribution is -2.00. The smallest absolute Gasteiger partial charge is 0.163 e. The van der Waals surface area contributed by atoms with E-state index in [9.17, 15) is 4.79 Å². The lowest BCUT2D eigenvalue weighted by atomic mass is 10.1. The van der Waals surface area contributed by atoms with Gasteiger partial charge in [-0.25, -0.2) is 0 Å². The largest absolute Gasteiger partial charge is 0.507 e. The molecule has 0 spiro atoms. The molecular weight excluding hydrogens is 228 g/mol. The van der Waals surface area contributed by atoms with Crippen LogP contribution in [0, 0.1) is 0 Å². The average molecular weight is 242 g/mol. The summed E-state index contributed by atoms with van der Waals surface area (Å²) < 4.78 is 5.18. The van der Waals surface area contributed by atoms with Gasteiger partial charge < -0.3 is 9.84 Å². The van der Waals surface area contributed by atoms with E-state index in [4.69, 9.17) is 9.84 Å². The number of phenolic OH excluding ortho intramolecular Hbond substituents is 1. The Morgan fingerprint density at radius 2 is 1.78 bits per heavy atom. The third kappa shape index (κ3) is 2.88. The van der Waals surface area contributed by atoms with E-state index in [1.165, 1.54) is 18.6 Å². The van der Waals surface area contributed by atoms with Crippen molar-refractivity contribution in [3.8, 4) is 11.5 Å². The summed E-state index contributed by atoms with van der Waals surface area (Å²) in [4.78, 5) is 10.7. The van der Waals surface area contributed by atoms with Crippen LogP contribution in [0.1, 0.15) is 22.8 Å². The molecule has 0 aromatic heterocycles. The van der Waals surface area contributed by atoms with Crippen molar-refractivity contribution < 1.29 is 14.6 Å². The van der Waals surface area contributed by atoms with Gasteiger partial charge in [-0.05, 0) is 36.8 Å². The van der Waals surface area contributed by atoms with Crippen molar-refractivity contribution in [1.29, 1.82) is 0 Å². The number of benzene rings is 2. The molecule has 0 atom stereocenters. The van der Waals surface area contributed by atoms with Crippen LogP contribution in [0.25, 0.3) is 0 Å². The SMILES string of the molecule is CC(=O)c1ccccc1O.c1cc2ccc1CO2. The summed E-state index contributed by atoms with van der Waals surface area (Å²) in [6, 6.07) is 14.6. The highest BCUT2D eigenvalue weighted by Gasteiger charge is 2.02. The number of carbonyl (C=O) groups is 1. The summed E-state index contributed by atoms with van der Waals surface area (Å²) >= 11 is 0. The molecule has 92 valence electrons. The molecule has 0 amide bonds. The van der Waals surface area contributed by atoms with Crippen LogP contribution in [0.2, 0.25) is 0 Å². The van der Waals surface area contributed by atoms with E-state index >= 15 is 0 Å². The van der Waals surface area contributed by atoms with Gasteiger partial charge in [-0.3, -0.25) is 4.79 Å². The van der Waals surface area contributed by atoms with E-state index < -0.39 is 0 Å². The standard InChI is InChI=1S/C8H8O2.C7H6O/c1-6(9)7-4-2-3-5-8(7)10;1-3-7-4-2-6(1)5-8-7/h2-5,10H,1H3;1-4H,5H2. The fourth-order valence-electron chi connectivity index (χ4n) is 1.62. The summed E-state index contributed by atoms with van der Waals surface area (Å²) in [6.07, 6.45) is 0. The molecule has 0 radical (unpaired) electrons. The van der Waals surface area contributed by atoms with Gasteiger partial charge in [-0.15, -0.1) is 0 Å². The zero-order valence-electron chi connectivity index (χ0n) is 10.1. The highest BCUT2D eigenvalue weighted by Crippen LogP contribution is 2.19. The van der Waals surface area contributed by atoms with Crippen LogP contribution in [0.15, 0.2) is 48.5 Å². The second-order valence-electron chi connectivity index (χ2n) is 4.01. The molecule has 3 nitrogen and oxygen atoms in total. The number of rotatable bonds is 1. The van der Waals surface area contributed by atoms with Gasteiger partial charge in [0.05, 0.1) is 5.56 Å². The molecule has 2 aliphatic rings. The molecule has 2 bridgehead atoms. The van der Waals surface area contributed by atoms with Crippen LogP contribution >= 0.6 is 0 Å². The third-order valence-electron chi connectivity index (χ3n) is 2.61. The first kappa shape index (κ1) is 12.2. The van der Waals surface area contributed by atoms with Crippen LogP contribution in [0.3, 0.4) is 0 Å². The molecule has 0 saturated heterocycles. The van der Waals surface area contributed by atoms with Gasteiger partial charge in [0.2, 0.25) is 0 Å². The molecule has 0 unspecified atom stereocenters. The number of Topliss-reactive ketones (excluding diaryl/α,β-unsaturated/α-hetero) is 1. The zero-order valence-corrected chi connectivity index (χ0v) is 10.1. The van der Waals surface area contributed by atoms with Crippen LogP contribution in [-0.2, 0) is 6.61 Å². The van der Waals surface area contributed by atoms with Crippen molar-refractivity contribution in [3.63, 3.8) is 0 Å². The maximum Gasteiger partial charge on any atom is 0.163 e. The Labute approximate surface area is 106 Å². The normalized spacial score (nSPS) is 11.2. The van der Waals surface area contributed by atoms with Gasteiger partial charge in [0.25, 0.3) is 0 Å². The summed E-state index contributed by atoms with van der Waals surface area (Å²) in [5, 5.41) is 9.06. The van der Waals surface area contributed by atoms with Crippen molar-refractivity contribution in [2.45, 2.75) is 13.5 Å². The van der Waals surface area contributed by atoms with Gasteiger partial charge in [-0.1, -0.05) is 24.3 Å². The highest BCUT2D eigenvalue weighted by atomic mass is 16.5. The Kier molecular flexibility index (Phi) is 3.63. The van der Waals surface area contributed by atoms with Gasteiger partial charge >= 0.3 is 0 Å². The molecule has 2 aliphatic heterocycles. The number of fused-ring (bicyclic) bond motifs is 3. The number of aromatic hydroxyl groups is 1. The Balaban J connectivity index is 0.000000136. The highest BCUT2D eigenvalue weighted by molar-refractivity contribution is 5.96. The van der Waals surface area contributed by atoms with Crippen molar-refractivity contribution in [2.75, 3.05) is 0 Å². The molecule has 4 rings (SSSR count). The number of ether oxygens (including phenoxy) is 1. The minimum absolute atomic E-state index is 0.0509. The summed E-state index contributed by atoms with van der Waals surface area (Å²) in [5.74, 6) is 0.924. The quantitative estimate of drug-likeness (QED) is 0.781. The number of hydrogen-bond donors (Lipinski definition) is 1. The van der Waals surface area contributed by atoms with Crippen LogP contribution in [-0.4, -0.2) is 10.9 Å². The topological polar surface area (TPSA) is 46.5 Å². The van der Waals surface area contributed by atoms with Gasteiger partial charge in [0.15, 0.2) is 5.78 Å². The predicted octanol–water partition coefficient (Wildman–Crippen LogP) is 3.17. The minimum Gasteiger partial charge on any atom is -0.507 e. The van der Waals surface area contributed by atoms with Gasteiger partial charge in [0, 0.05) is 0 Å². The maximum absolute atomic E-state index is 10.7. The zero-order chi connectivity index (χ0) is 13.0. The lowest BCUT2D eigenvalue weighted by molar-refractivity contribution is 0.101. The molecule has 2 aromatic rings. The fourth-order valence-corrected chi connectivity index (χ4v) is 1.62. The van der Waals surface area contributed by atoms with Crippen molar-refractivity contribution in [3.05, 3.63) is 59.7 Å². The van der Waals surface area contributed by atoms with Crippen molar-refractivity contribution in [2.24, 2.45) is 0 Å². The number of hydrogen-bond acceptors (Lipinski definition) is 3. The van der Waals surface area contributed by atoms with E-state index in [-0.39, 0.29) is 11.5 Å². The van der Waals surface area contributed by atoms with E-state index in [0.29, 0.717) is 5.56 Å². The first-order valence-electron chi connectivity index (χ1n) is 5.67. The van der Waals surface area contributed by atoms with E-state index in [1.807, 2.05) is 12.1 Å². The number of phenols is 1. The number of para-hydroxylation sites is 1. The van der Waals surface area contributed by atoms with Crippen LogP contribution in [0.4, 0.5) is 0 Å². The van der Waals surface area contributed by atoms with Crippen LogP contribution < -0.4 is 4.74 Å². The van der Waals surface area contributed by atoms with E-state index in [1.54, 1.807) is 18.2 Å². The second kappa shape index (κ2) is 5.36. The summed E-state index contributed by atoms with van der Waals surface area (Å²) in [6.45, 7) is 2.19. The molecule has 0 saturated carbocycles. The Morgan fingerprint density at radius 1 is 1.11 bits per heavy atom. The molecule has 3 heteroatoms. The van der Waals surface area contributed by atoms with Crippen LogP contribution in [0.5, 0.6) is 11.5 Å². The summed E-state index contributed by atoms with van der Waals surface area (Å²) in [5.41, 5.74) is 1.64. The number of ketones is 1. The Morgan fingerprint density at radius 3 is 2.06 bits per heavy atom. The molecule has 0 fully saturated rings. The monoisotopic (exact) mass is 242 g/mol. The maximum atomic E-state index is 10.7. The van der Waals surface area contributed by atoms with E-state index in [0.717, 1.165) is 12.4 Å². The fraction of sp³-hybridized carbons (Fsp3) is 0.133. The molecule has 0 aliphatic carbocycles. The van der Waals surface area contributed by atoms with Crippen molar-refractivity contribution >= 4 is 5.78 Å². The minimum atomic E-state index is -0.113. The van der Waals surface area contributed by atoms with Gasteiger partial charge in [-0.2, -0.15) is 0 Å². The first-order valence-corrected chi connectivity index (χ1v) is 5.67. The Hall–Kier alpha value is -2.29. The molecular formula is C15H14O3. The summed E-state index contributed by atoms with van der Waals surface area (Å²) in [7, 11) is 0. The molecule has 1 N–H and O–H groups in total.